The summed E-state index contributed by atoms with van der Waals surface area (Å²) in [5.41, 5.74) is 0.981. The predicted molar refractivity (Wildman–Crippen MR) is 57.9 cm³/mol. The minimum Gasteiger partial charge on any atom is -0.445 e. The number of hydrogen-bond donors (Lipinski definition) is 0. The van der Waals surface area contributed by atoms with Crippen LogP contribution in [-0.4, -0.2) is 22.3 Å². The maximum Gasteiger partial charge on any atom is 0.222 e. The monoisotopic (exact) mass is 220 g/mol. The Hall–Kier alpha value is -1.32. The number of oxazole rings is 1. The van der Waals surface area contributed by atoms with Crippen molar-refractivity contribution in [3.63, 3.8) is 0 Å². The Labute approximate surface area is 94.6 Å². The van der Waals surface area contributed by atoms with E-state index in [1.165, 1.54) is 12.8 Å². The number of carbonyl (C=O) groups excluding carboxylic acids is 1. The third kappa shape index (κ3) is 1.62. The molecule has 1 saturated carbocycles. The third-order valence-electron chi connectivity index (χ3n) is 3.33. The first-order valence-corrected chi connectivity index (χ1v) is 6.04. The van der Waals surface area contributed by atoms with Gasteiger partial charge in [-0.25, -0.2) is 4.98 Å². The molecule has 0 N–H and O–H groups in total. The molecule has 1 fully saturated rings. The maximum absolute atomic E-state index is 11.6. The van der Waals surface area contributed by atoms with Crippen LogP contribution in [0.3, 0.4) is 0 Å². The molecule has 16 heavy (non-hydrogen) atoms. The lowest BCUT2D eigenvalue weighted by Gasteiger charge is -2.24. The highest BCUT2D eigenvalue weighted by Gasteiger charge is 2.32. The van der Waals surface area contributed by atoms with Gasteiger partial charge >= 0.3 is 0 Å². The molecule has 1 aliphatic carbocycles. The van der Waals surface area contributed by atoms with Crippen LogP contribution in [0.5, 0.6) is 0 Å². The Morgan fingerprint density at radius 1 is 1.56 bits per heavy atom. The lowest BCUT2D eigenvalue weighted by Crippen LogP contribution is -2.35. The van der Waals surface area contributed by atoms with E-state index in [9.17, 15) is 4.79 Å². The first-order chi connectivity index (χ1) is 7.78. The van der Waals surface area contributed by atoms with Gasteiger partial charge in [0.25, 0.3) is 0 Å². The number of amides is 1. The highest BCUT2D eigenvalue weighted by Crippen LogP contribution is 2.40. The molecule has 0 atom stereocenters. The Balaban J connectivity index is 1.80. The fourth-order valence-corrected chi connectivity index (χ4v) is 2.16. The van der Waals surface area contributed by atoms with Gasteiger partial charge in [-0.15, -0.1) is 0 Å². The van der Waals surface area contributed by atoms with Crippen LogP contribution >= 0.6 is 0 Å². The molecule has 1 aliphatic heterocycles. The van der Waals surface area contributed by atoms with Crippen molar-refractivity contribution in [1.82, 2.24) is 9.88 Å². The van der Waals surface area contributed by atoms with Crippen molar-refractivity contribution < 1.29 is 9.21 Å². The second kappa shape index (κ2) is 3.61. The molecule has 4 nitrogen and oxygen atoms in total. The Morgan fingerprint density at radius 3 is 3.06 bits per heavy atom. The summed E-state index contributed by atoms with van der Waals surface area (Å²) in [5, 5.41) is 0. The number of aromatic nitrogens is 1. The fourth-order valence-electron chi connectivity index (χ4n) is 2.16. The summed E-state index contributed by atoms with van der Waals surface area (Å²) in [7, 11) is 0. The summed E-state index contributed by atoms with van der Waals surface area (Å²) in [4.78, 5) is 18.0. The van der Waals surface area contributed by atoms with E-state index >= 15 is 0 Å². The van der Waals surface area contributed by atoms with Crippen LogP contribution in [0.15, 0.2) is 4.42 Å². The van der Waals surface area contributed by atoms with Crippen LogP contribution in [0, 0.1) is 0 Å². The van der Waals surface area contributed by atoms with Crippen LogP contribution in [0.25, 0.3) is 0 Å². The van der Waals surface area contributed by atoms with Crippen LogP contribution in [0.4, 0.5) is 0 Å². The zero-order valence-electron chi connectivity index (χ0n) is 9.53. The highest BCUT2D eigenvalue weighted by atomic mass is 16.4. The minimum atomic E-state index is 0.210. The van der Waals surface area contributed by atoms with Gasteiger partial charge < -0.3 is 9.32 Å². The largest absolute Gasteiger partial charge is 0.445 e. The van der Waals surface area contributed by atoms with Crippen molar-refractivity contribution in [1.29, 1.82) is 0 Å². The van der Waals surface area contributed by atoms with Gasteiger partial charge in [-0.3, -0.25) is 4.79 Å². The summed E-state index contributed by atoms with van der Waals surface area (Å²) in [6.07, 6.45) is 3.80. The summed E-state index contributed by atoms with van der Waals surface area (Å²) < 4.78 is 5.74. The number of fused-ring (bicyclic) bond motifs is 1. The second-order valence-corrected chi connectivity index (χ2v) is 4.62. The summed E-state index contributed by atoms with van der Waals surface area (Å²) in [5.74, 6) is 2.67. The second-order valence-electron chi connectivity index (χ2n) is 4.62. The molecule has 4 heteroatoms. The SMILES string of the molecule is CCC(=O)N1CCc2oc(C3CC3)nc2C1. The van der Waals surface area contributed by atoms with E-state index in [0.29, 0.717) is 18.9 Å². The maximum atomic E-state index is 11.6. The van der Waals surface area contributed by atoms with Crippen LogP contribution in [0.1, 0.15) is 49.4 Å². The molecule has 0 spiro atoms. The van der Waals surface area contributed by atoms with Gasteiger partial charge in [-0.1, -0.05) is 6.92 Å². The Morgan fingerprint density at radius 2 is 2.38 bits per heavy atom. The molecule has 86 valence electrons. The molecule has 3 rings (SSSR count). The first kappa shape index (κ1) is 9.87. The zero-order chi connectivity index (χ0) is 11.1. The molecule has 0 unspecified atom stereocenters. The fraction of sp³-hybridized carbons (Fsp3) is 0.667. The minimum absolute atomic E-state index is 0.210. The standard InChI is InChI=1S/C12H16N2O2/c1-2-11(15)14-6-5-10-9(7-14)13-12(16-10)8-3-4-8/h8H,2-7H2,1H3. The number of hydrogen-bond acceptors (Lipinski definition) is 3. The molecular weight excluding hydrogens is 204 g/mol. The Bertz CT molecular complexity index is 421. The van der Waals surface area contributed by atoms with E-state index in [1.54, 1.807) is 0 Å². The van der Waals surface area contributed by atoms with Crippen molar-refractivity contribution in [3.8, 4) is 0 Å². The van der Waals surface area contributed by atoms with E-state index in [2.05, 4.69) is 4.98 Å². The van der Waals surface area contributed by atoms with Gasteiger partial charge in [0, 0.05) is 25.3 Å². The predicted octanol–water partition coefficient (Wildman–Crippen LogP) is 1.85. The Kier molecular flexibility index (Phi) is 2.23. The van der Waals surface area contributed by atoms with E-state index in [4.69, 9.17) is 4.42 Å². The van der Waals surface area contributed by atoms with Gasteiger partial charge in [-0.2, -0.15) is 0 Å². The molecule has 1 aromatic heterocycles. The molecular formula is C12H16N2O2. The van der Waals surface area contributed by atoms with Crippen LogP contribution < -0.4 is 0 Å². The number of carbonyl (C=O) groups is 1. The van der Waals surface area contributed by atoms with Crippen molar-refractivity contribution >= 4 is 5.91 Å². The van der Waals surface area contributed by atoms with E-state index in [1.807, 2.05) is 11.8 Å². The zero-order valence-corrected chi connectivity index (χ0v) is 9.53. The van der Waals surface area contributed by atoms with Gasteiger partial charge in [0.15, 0.2) is 5.89 Å². The number of rotatable bonds is 2. The molecule has 2 aliphatic rings. The molecule has 0 radical (unpaired) electrons. The topological polar surface area (TPSA) is 46.3 Å². The average molecular weight is 220 g/mol. The normalized spacial score (nSPS) is 19.7. The third-order valence-corrected chi connectivity index (χ3v) is 3.33. The lowest BCUT2D eigenvalue weighted by atomic mass is 10.1. The quantitative estimate of drug-likeness (QED) is 0.764. The smallest absolute Gasteiger partial charge is 0.222 e. The lowest BCUT2D eigenvalue weighted by molar-refractivity contribution is -0.131. The molecule has 0 bridgehead atoms. The van der Waals surface area contributed by atoms with E-state index in [0.717, 1.165) is 30.3 Å². The summed E-state index contributed by atoms with van der Waals surface area (Å²) >= 11 is 0. The van der Waals surface area contributed by atoms with Gasteiger partial charge in [0.1, 0.15) is 11.5 Å². The summed E-state index contributed by atoms with van der Waals surface area (Å²) in [6.45, 7) is 3.31. The molecule has 0 aromatic carbocycles. The molecule has 1 aromatic rings. The van der Waals surface area contributed by atoms with Crippen molar-refractivity contribution in [2.45, 2.75) is 45.1 Å². The van der Waals surface area contributed by atoms with E-state index < -0.39 is 0 Å². The van der Waals surface area contributed by atoms with E-state index in [-0.39, 0.29) is 5.91 Å². The van der Waals surface area contributed by atoms with Gasteiger partial charge in [-0.05, 0) is 12.8 Å². The van der Waals surface area contributed by atoms with Gasteiger partial charge in [0.2, 0.25) is 5.91 Å². The molecule has 2 heterocycles. The van der Waals surface area contributed by atoms with Crippen LogP contribution in [0.2, 0.25) is 0 Å². The van der Waals surface area contributed by atoms with Crippen LogP contribution in [-0.2, 0) is 17.8 Å². The summed E-state index contributed by atoms with van der Waals surface area (Å²) in [6, 6.07) is 0. The van der Waals surface area contributed by atoms with Crippen molar-refractivity contribution in [2.24, 2.45) is 0 Å². The highest BCUT2D eigenvalue weighted by molar-refractivity contribution is 5.76. The average Bonchev–Trinajstić information content (AvgIpc) is 3.07. The molecule has 0 saturated heterocycles. The van der Waals surface area contributed by atoms with Crippen molar-refractivity contribution in [3.05, 3.63) is 17.3 Å². The van der Waals surface area contributed by atoms with Crippen molar-refractivity contribution in [2.75, 3.05) is 6.54 Å². The first-order valence-electron chi connectivity index (χ1n) is 6.04. The molecule has 1 amide bonds. The number of nitrogens with zero attached hydrogens (tertiary/aromatic N) is 2. The van der Waals surface area contributed by atoms with Gasteiger partial charge in [0.05, 0.1) is 6.54 Å².